The Kier molecular flexibility index (Phi) is 2.30. The molecule has 0 aliphatic rings. The van der Waals surface area contributed by atoms with Gasteiger partial charge in [-0.25, -0.2) is 0 Å². The molecule has 0 unspecified atom stereocenters. The van der Waals surface area contributed by atoms with Crippen LogP contribution in [0, 0.1) is 6.92 Å². The van der Waals surface area contributed by atoms with E-state index in [2.05, 4.69) is 17.1 Å². The highest BCUT2D eigenvalue weighted by Gasteiger charge is 2.08. The molecule has 0 saturated heterocycles. The molecule has 0 N–H and O–H groups in total. The average Bonchev–Trinajstić information content (AvgIpc) is 2.74. The second-order valence-electron chi connectivity index (χ2n) is 3.84. The van der Waals surface area contributed by atoms with Crippen molar-refractivity contribution < 1.29 is 0 Å². The summed E-state index contributed by atoms with van der Waals surface area (Å²) in [6.07, 6.45) is 0. The Hall–Kier alpha value is -1.94. The Bertz CT molecular complexity index is 728. The first-order valence-electron chi connectivity index (χ1n) is 5.29. The van der Waals surface area contributed by atoms with E-state index in [9.17, 15) is 4.79 Å². The third-order valence-electron chi connectivity index (χ3n) is 2.67. The van der Waals surface area contributed by atoms with Gasteiger partial charge in [-0.3, -0.25) is 9.20 Å². The zero-order valence-electron chi connectivity index (χ0n) is 9.25. The van der Waals surface area contributed by atoms with E-state index in [0.29, 0.717) is 0 Å². The lowest BCUT2D eigenvalue weighted by Gasteiger charge is -2.04. The number of aromatic nitrogens is 2. The molecular weight excluding hydrogens is 232 g/mol. The summed E-state index contributed by atoms with van der Waals surface area (Å²) in [5.74, 6) is 0. The molecule has 0 amide bonds. The molecule has 0 aliphatic carbocycles. The van der Waals surface area contributed by atoms with Crippen molar-refractivity contribution in [3.05, 3.63) is 57.8 Å². The number of hydrogen-bond donors (Lipinski definition) is 0. The normalized spacial score (nSPS) is 10.9. The number of hydrogen-bond acceptors (Lipinski definition) is 3. The Labute approximate surface area is 102 Å². The molecule has 3 aromatic rings. The molecule has 17 heavy (non-hydrogen) atoms. The predicted molar refractivity (Wildman–Crippen MR) is 69.5 cm³/mol. The second-order valence-corrected chi connectivity index (χ2v) is 4.68. The zero-order valence-corrected chi connectivity index (χ0v) is 10.1. The standard InChI is InChI=1S/C13H10N2OS/c1-9-7-12(16)14-13-15(9)11(8-17-13)10-5-3-2-4-6-10/h2-8H,1H3. The van der Waals surface area contributed by atoms with E-state index in [0.717, 1.165) is 21.9 Å². The average molecular weight is 242 g/mol. The van der Waals surface area contributed by atoms with Crippen molar-refractivity contribution in [3.63, 3.8) is 0 Å². The Morgan fingerprint density at radius 3 is 2.76 bits per heavy atom. The van der Waals surface area contributed by atoms with Gasteiger partial charge in [0.2, 0.25) is 0 Å². The van der Waals surface area contributed by atoms with Gasteiger partial charge >= 0.3 is 0 Å². The van der Waals surface area contributed by atoms with Crippen LogP contribution in [0.5, 0.6) is 0 Å². The molecule has 2 aromatic heterocycles. The Morgan fingerprint density at radius 1 is 1.24 bits per heavy atom. The summed E-state index contributed by atoms with van der Waals surface area (Å²) >= 11 is 1.49. The third-order valence-corrected chi connectivity index (χ3v) is 3.49. The van der Waals surface area contributed by atoms with Gasteiger partial charge in [0.25, 0.3) is 5.56 Å². The van der Waals surface area contributed by atoms with E-state index in [1.165, 1.54) is 11.3 Å². The van der Waals surface area contributed by atoms with Crippen molar-refractivity contribution in [2.24, 2.45) is 0 Å². The van der Waals surface area contributed by atoms with E-state index in [1.54, 1.807) is 6.07 Å². The second kappa shape index (κ2) is 3.82. The van der Waals surface area contributed by atoms with E-state index in [1.807, 2.05) is 34.9 Å². The van der Waals surface area contributed by atoms with Crippen LogP contribution in [0.3, 0.4) is 0 Å². The van der Waals surface area contributed by atoms with Crippen LogP contribution in [0.15, 0.2) is 46.6 Å². The summed E-state index contributed by atoms with van der Waals surface area (Å²) in [5, 5.41) is 2.03. The van der Waals surface area contributed by atoms with Gasteiger partial charge in [-0.1, -0.05) is 30.3 Å². The van der Waals surface area contributed by atoms with Crippen molar-refractivity contribution in [2.45, 2.75) is 6.92 Å². The molecule has 0 aliphatic heterocycles. The van der Waals surface area contributed by atoms with Gasteiger partial charge in [0.15, 0.2) is 4.96 Å². The molecular formula is C13H10N2OS. The van der Waals surface area contributed by atoms with Crippen LogP contribution in [0.25, 0.3) is 16.2 Å². The van der Waals surface area contributed by atoms with Gasteiger partial charge in [0, 0.05) is 17.1 Å². The van der Waals surface area contributed by atoms with Crippen LogP contribution >= 0.6 is 11.3 Å². The number of benzene rings is 1. The minimum absolute atomic E-state index is 0.177. The van der Waals surface area contributed by atoms with Crippen molar-refractivity contribution >= 4 is 16.3 Å². The minimum atomic E-state index is -0.177. The monoisotopic (exact) mass is 242 g/mol. The van der Waals surface area contributed by atoms with Gasteiger partial charge in [-0.15, -0.1) is 11.3 Å². The number of thiazole rings is 1. The summed E-state index contributed by atoms with van der Waals surface area (Å²) in [6.45, 7) is 1.93. The topological polar surface area (TPSA) is 34.4 Å². The Morgan fingerprint density at radius 2 is 2.00 bits per heavy atom. The van der Waals surface area contributed by atoms with Gasteiger partial charge in [-0.2, -0.15) is 4.98 Å². The highest BCUT2D eigenvalue weighted by Crippen LogP contribution is 2.25. The molecule has 0 spiro atoms. The minimum Gasteiger partial charge on any atom is -0.289 e. The quantitative estimate of drug-likeness (QED) is 0.657. The molecule has 84 valence electrons. The maximum absolute atomic E-state index is 11.3. The lowest BCUT2D eigenvalue weighted by molar-refractivity contribution is 1.05. The first kappa shape index (κ1) is 10.2. The van der Waals surface area contributed by atoms with E-state index in [4.69, 9.17) is 0 Å². The smallest absolute Gasteiger partial charge is 0.274 e. The summed E-state index contributed by atoms with van der Waals surface area (Å²) in [7, 11) is 0. The van der Waals surface area contributed by atoms with Crippen LogP contribution in [0.2, 0.25) is 0 Å². The largest absolute Gasteiger partial charge is 0.289 e. The number of aryl methyl sites for hydroxylation is 1. The fourth-order valence-corrected chi connectivity index (χ4v) is 2.86. The van der Waals surface area contributed by atoms with Crippen molar-refractivity contribution in [2.75, 3.05) is 0 Å². The highest BCUT2D eigenvalue weighted by molar-refractivity contribution is 7.15. The van der Waals surface area contributed by atoms with Gasteiger partial charge in [0.1, 0.15) is 0 Å². The van der Waals surface area contributed by atoms with Crippen LogP contribution in [0.1, 0.15) is 5.69 Å². The lowest BCUT2D eigenvalue weighted by Crippen LogP contribution is -2.08. The molecule has 2 heterocycles. The van der Waals surface area contributed by atoms with Crippen molar-refractivity contribution in [1.29, 1.82) is 0 Å². The maximum atomic E-state index is 11.3. The van der Waals surface area contributed by atoms with Crippen LogP contribution in [-0.2, 0) is 0 Å². The molecule has 4 heteroatoms. The van der Waals surface area contributed by atoms with Crippen LogP contribution in [-0.4, -0.2) is 9.38 Å². The fraction of sp³-hybridized carbons (Fsp3) is 0.0769. The van der Waals surface area contributed by atoms with E-state index < -0.39 is 0 Å². The highest BCUT2D eigenvalue weighted by atomic mass is 32.1. The van der Waals surface area contributed by atoms with Crippen molar-refractivity contribution in [1.82, 2.24) is 9.38 Å². The number of fused-ring (bicyclic) bond motifs is 1. The summed E-state index contributed by atoms with van der Waals surface area (Å²) in [6, 6.07) is 11.7. The fourth-order valence-electron chi connectivity index (χ4n) is 1.91. The number of nitrogens with zero attached hydrogens (tertiary/aromatic N) is 2. The molecule has 0 saturated carbocycles. The first-order valence-corrected chi connectivity index (χ1v) is 6.17. The van der Waals surface area contributed by atoms with Gasteiger partial charge in [-0.05, 0) is 12.5 Å². The molecule has 0 fully saturated rings. The molecule has 3 rings (SSSR count). The molecule has 1 aromatic carbocycles. The number of rotatable bonds is 1. The molecule has 0 radical (unpaired) electrons. The van der Waals surface area contributed by atoms with E-state index in [-0.39, 0.29) is 5.56 Å². The lowest BCUT2D eigenvalue weighted by atomic mass is 10.2. The third kappa shape index (κ3) is 1.66. The van der Waals surface area contributed by atoms with Crippen molar-refractivity contribution in [3.8, 4) is 11.3 Å². The summed E-state index contributed by atoms with van der Waals surface area (Å²) < 4.78 is 2.02. The molecule has 3 nitrogen and oxygen atoms in total. The predicted octanol–water partition coefficient (Wildman–Crippen LogP) is 2.73. The van der Waals surface area contributed by atoms with Crippen LogP contribution < -0.4 is 5.56 Å². The maximum Gasteiger partial charge on any atom is 0.274 e. The Balaban J connectivity index is 2.36. The summed E-state index contributed by atoms with van der Waals surface area (Å²) in [5.41, 5.74) is 2.95. The van der Waals surface area contributed by atoms with Gasteiger partial charge < -0.3 is 0 Å². The molecule has 0 bridgehead atoms. The SMILES string of the molecule is Cc1cc(=O)nc2scc(-c3ccccc3)n12. The zero-order chi connectivity index (χ0) is 11.8. The van der Waals surface area contributed by atoms with Crippen LogP contribution in [0.4, 0.5) is 0 Å². The summed E-state index contributed by atoms with van der Waals surface area (Å²) in [4.78, 5) is 16.1. The van der Waals surface area contributed by atoms with Gasteiger partial charge in [0.05, 0.1) is 5.69 Å². The first-order chi connectivity index (χ1) is 8.25. The van der Waals surface area contributed by atoms with E-state index >= 15 is 0 Å². The molecule has 0 atom stereocenters.